The standard InChI is InChI=1S/C30H35N3O2S/c1-17-15-18(2)33(32-17)22-12-10-11-21(16-22)26-25(28(20(4)34)35-30(5,6)7)19(3)31-29-27(26)23-13-8-9-14-24(23)36-29/h10-12,15-16,28H,8-9,13-14H2,1-7H3/t28-/m1/s1. The molecule has 188 valence electrons. The maximum absolute atomic E-state index is 13.1. The normalized spacial score (nSPS) is 14.8. The summed E-state index contributed by atoms with van der Waals surface area (Å²) in [5.41, 5.74) is 7.92. The molecule has 4 aromatic rings. The fourth-order valence-electron chi connectivity index (χ4n) is 5.42. The van der Waals surface area contributed by atoms with Crippen molar-refractivity contribution in [2.75, 3.05) is 0 Å². The van der Waals surface area contributed by atoms with Crippen LogP contribution in [0.15, 0.2) is 30.3 Å². The third-order valence-corrected chi connectivity index (χ3v) is 8.01. The highest BCUT2D eigenvalue weighted by Gasteiger charge is 2.32. The smallest absolute Gasteiger partial charge is 0.163 e. The first-order valence-electron chi connectivity index (χ1n) is 12.8. The summed E-state index contributed by atoms with van der Waals surface area (Å²) < 4.78 is 8.42. The van der Waals surface area contributed by atoms with Crippen molar-refractivity contribution in [3.63, 3.8) is 0 Å². The molecule has 0 radical (unpaired) electrons. The zero-order valence-corrected chi connectivity index (χ0v) is 23.2. The summed E-state index contributed by atoms with van der Waals surface area (Å²) >= 11 is 1.82. The average Bonchev–Trinajstić information content (AvgIpc) is 3.34. The number of benzene rings is 1. The molecule has 1 atom stereocenters. The minimum Gasteiger partial charge on any atom is -0.360 e. The molecule has 3 aromatic heterocycles. The maximum Gasteiger partial charge on any atom is 0.163 e. The van der Waals surface area contributed by atoms with Gasteiger partial charge in [-0.05, 0) is 103 Å². The Morgan fingerprint density at radius 1 is 1.11 bits per heavy atom. The van der Waals surface area contributed by atoms with Gasteiger partial charge < -0.3 is 4.74 Å². The Bertz CT molecular complexity index is 1470. The van der Waals surface area contributed by atoms with Gasteiger partial charge in [-0.15, -0.1) is 11.3 Å². The van der Waals surface area contributed by atoms with E-state index in [2.05, 4.69) is 37.3 Å². The molecule has 0 fully saturated rings. The molecule has 36 heavy (non-hydrogen) atoms. The number of hydrogen-bond acceptors (Lipinski definition) is 5. The highest BCUT2D eigenvalue weighted by atomic mass is 32.1. The molecule has 1 aliphatic rings. The fourth-order valence-corrected chi connectivity index (χ4v) is 6.74. The SMILES string of the molecule is CC(=O)[C@@H](OC(C)(C)C)c1c(C)nc2sc3c(c2c1-c1cccc(-n2nc(C)cc2C)c1)CCCC3. The number of nitrogens with zero attached hydrogens (tertiary/aromatic N) is 3. The fraction of sp³-hybridized carbons (Fsp3) is 0.433. The van der Waals surface area contributed by atoms with Crippen molar-refractivity contribution in [1.29, 1.82) is 0 Å². The molecule has 0 aliphatic heterocycles. The van der Waals surface area contributed by atoms with Gasteiger partial charge in [0.25, 0.3) is 0 Å². The summed E-state index contributed by atoms with van der Waals surface area (Å²) in [6.07, 6.45) is 3.87. The number of carbonyl (C=O) groups excluding carboxylic acids is 1. The van der Waals surface area contributed by atoms with E-state index in [0.29, 0.717) is 0 Å². The molecule has 5 rings (SSSR count). The van der Waals surface area contributed by atoms with Crippen molar-refractivity contribution in [3.05, 3.63) is 63.4 Å². The zero-order chi connectivity index (χ0) is 25.8. The lowest BCUT2D eigenvalue weighted by molar-refractivity contribution is -0.138. The average molecular weight is 502 g/mol. The Labute approximate surface area is 217 Å². The predicted molar refractivity (Wildman–Crippen MR) is 147 cm³/mol. The zero-order valence-electron chi connectivity index (χ0n) is 22.4. The molecular formula is C30H35N3O2S. The third-order valence-electron chi connectivity index (χ3n) is 6.82. The van der Waals surface area contributed by atoms with E-state index in [1.54, 1.807) is 6.92 Å². The number of Topliss-reactive ketones (excluding diaryl/α,β-unsaturated/α-hetero) is 1. The van der Waals surface area contributed by atoms with Gasteiger partial charge in [-0.25, -0.2) is 9.67 Å². The molecule has 0 unspecified atom stereocenters. The van der Waals surface area contributed by atoms with Gasteiger partial charge in [0.1, 0.15) is 10.9 Å². The number of ketones is 1. The van der Waals surface area contributed by atoms with Crippen LogP contribution in [-0.4, -0.2) is 26.1 Å². The lowest BCUT2D eigenvalue weighted by Gasteiger charge is -2.29. The molecule has 0 bridgehead atoms. The molecule has 1 aromatic carbocycles. The van der Waals surface area contributed by atoms with Crippen LogP contribution < -0.4 is 0 Å². The summed E-state index contributed by atoms with van der Waals surface area (Å²) in [5.74, 6) is -0.00535. The lowest BCUT2D eigenvalue weighted by Crippen LogP contribution is -2.27. The Balaban J connectivity index is 1.84. The van der Waals surface area contributed by atoms with Crippen LogP contribution >= 0.6 is 11.3 Å². The van der Waals surface area contributed by atoms with Gasteiger partial charge in [0.2, 0.25) is 0 Å². The van der Waals surface area contributed by atoms with E-state index in [-0.39, 0.29) is 5.78 Å². The molecule has 0 saturated heterocycles. The van der Waals surface area contributed by atoms with E-state index in [1.807, 2.05) is 50.6 Å². The molecule has 3 heterocycles. The van der Waals surface area contributed by atoms with Crippen LogP contribution in [0.5, 0.6) is 0 Å². The van der Waals surface area contributed by atoms with Gasteiger partial charge in [0.05, 0.1) is 17.0 Å². The second-order valence-electron chi connectivity index (χ2n) is 11.0. The van der Waals surface area contributed by atoms with E-state index in [0.717, 1.165) is 57.1 Å². The second-order valence-corrected chi connectivity index (χ2v) is 12.1. The molecule has 6 heteroatoms. The molecule has 0 saturated carbocycles. The Morgan fingerprint density at radius 2 is 1.86 bits per heavy atom. The number of carbonyl (C=O) groups is 1. The van der Waals surface area contributed by atoms with Crippen LogP contribution in [0.25, 0.3) is 27.0 Å². The predicted octanol–water partition coefficient (Wildman–Crippen LogP) is 7.40. The Hall–Kier alpha value is -2.83. The van der Waals surface area contributed by atoms with Gasteiger partial charge in [0.15, 0.2) is 5.78 Å². The topological polar surface area (TPSA) is 57.0 Å². The first kappa shape index (κ1) is 24.8. The van der Waals surface area contributed by atoms with Crippen molar-refractivity contribution < 1.29 is 9.53 Å². The number of aryl methyl sites for hydroxylation is 5. The molecule has 1 aliphatic carbocycles. The summed E-state index contributed by atoms with van der Waals surface area (Å²) in [6, 6.07) is 10.6. The quantitative estimate of drug-likeness (QED) is 0.286. The summed E-state index contributed by atoms with van der Waals surface area (Å²) in [7, 11) is 0. The largest absolute Gasteiger partial charge is 0.360 e. The van der Waals surface area contributed by atoms with Crippen LogP contribution in [0, 0.1) is 20.8 Å². The maximum atomic E-state index is 13.1. The summed E-state index contributed by atoms with van der Waals surface area (Å²) in [6.45, 7) is 13.7. The molecular weight excluding hydrogens is 466 g/mol. The highest BCUT2D eigenvalue weighted by molar-refractivity contribution is 7.19. The number of pyridine rings is 1. The van der Waals surface area contributed by atoms with Crippen LogP contribution in [0.2, 0.25) is 0 Å². The first-order chi connectivity index (χ1) is 17.0. The summed E-state index contributed by atoms with van der Waals surface area (Å²) in [5, 5.41) is 5.92. The first-order valence-corrected chi connectivity index (χ1v) is 13.6. The second kappa shape index (κ2) is 9.24. The highest BCUT2D eigenvalue weighted by Crippen LogP contribution is 2.46. The number of aromatic nitrogens is 3. The van der Waals surface area contributed by atoms with E-state index < -0.39 is 11.7 Å². The van der Waals surface area contributed by atoms with E-state index in [1.165, 1.54) is 28.7 Å². The molecule has 5 nitrogen and oxygen atoms in total. The lowest BCUT2D eigenvalue weighted by atomic mass is 9.87. The monoisotopic (exact) mass is 501 g/mol. The molecule has 0 spiro atoms. The van der Waals surface area contributed by atoms with Crippen molar-refractivity contribution in [2.24, 2.45) is 0 Å². The molecule has 0 amide bonds. The van der Waals surface area contributed by atoms with Crippen molar-refractivity contribution >= 4 is 27.3 Å². The number of thiophene rings is 1. The van der Waals surface area contributed by atoms with Crippen LogP contribution in [0.4, 0.5) is 0 Å². The van der Waals surface area contributed by atoms with Crippen molar-refractivity contribution in [3.8, 4) is 16.8 Å². The van der Waals surface area contributed by atoms with Crippen molar-refractivity contribution in [1.82, 2.24) is 14.8 Å². The van der Waals surface area contributed by atoms with Gasteiger partial charge >= 0.3 is 0 Å². The number of fused-ring (bicyclic) bond motifs is 3. The minimum absolute atomic E-state index is 0.00535. The van der Waals surface area contributed by atoms with E-state index in [9.17, 15) is 4.79 Å². The Kier molecular flexibility index (Phi) is 6.38. The third kappa shape index (κ3) is 4.53. The van der Waals surface area contributed by atoms with Gasteiger partial charge in [-0.2, -0.15) is 5.10 Å². The molecule has 0 N–H and O–H groups in total. The van der Waals surface area contributed by atoms with E-state index in [4.69, 9.17) is 14.8 Å². The number of hydrogen-bond donors (Lipinski definition) is 0. The van der Waals surface area contributed by atoms with Gasteiger partial charge in [0, 0.05) is 32.8 Å². The van der Waals surface area contributed by atoms with Gasteiger partial charge in [-0.3, -0.25) is 4.79 Å². The van der Waals surface area contributed by atoms with E-state index >= 15 is 0 Å². The Morgan fingerprint density at radius 3 is 2.53 bits per heavy atom. The van der Waals surface area contributed by atoms with Gasteiger partial charge in [-0.1, -0.05) is 12.1 Å². The summed E-state index contributed by atoms with van der Waals surface area (Å²) in [4.78, 5) is 20.7. The van der Waals surface area contributed by atoms with Crippen molar-refractivity contribution in [2.45, 2.75) is 85.9 Å². The van der Waals surface area contributed by atoms with Crippen LogP contribution in [0.3, 0.4) is 0 Å². The minimum atomic E-state index is -0.687. The number of rotatable bonds is 5. The van der Waals surface area contributed by atoms with Crippen LogP contribution in [0.1, 0.15) is 79.7 Å². The van der Waals surface area contributed by atoms with Crippen LogP contribution in [-0.2, 0) is 22.4 Å². The number of ether oxygens (including phenoxy) is 1.